The van der Waals surface area contributed by atoms with E-state index in [2.05, 4.69) is 46.7 Å². The molecule has 0 aliphatic carbocycles. The van der Waals surface area contributed by atoms with Crippen molar-refractivity contribution in [2.75, 3.05) is 18.2 Å². The van der Waals surface area contributed by atoms with E-state index in [0.717, 1.165) is 16.7 Å². The topological polar surface area (TPSA) is 84.6 Å². The van der Waals surface area contributed by atoms with Crippen LogP contribution in [0.25, 0.3) is 11.1 Å². The first-order chi connectivity index (χ1) is 18.1. The molecule has 0 aliphatic heterocycles. The number of fused-ring (bicyclic) bond motifs is 1. The highest BCUT2D eigenvalue weighted by Gasteiger charge is 2.38. The molecule has 1 unspecified atom stereocenters. The maximum absolute atomic E-state index is 12.4. The van der Waals surface area contributed by atoms with E-state index in [1.807, 2.05) is 54.6 Å². The Bertz CT molecular complexity index is 1380. The van der Waals surface area contributed by atoms with Gasteiger partial charge in [-0.3, -0.25) is 0 Å². The van der Waals surface area contributed by atoms with Gasteiger partial charge in [-0.25, -0.2) is 4.79 Å². The van der Waals surface area contributed by atoms with Crippen LogP contribution in [-0.4, -0.2) is 35.0 Å². The van der Waals surface area contributed by atoms with Crippen LogP contribution in [0.2, 0.25) is 0 Å². The number of anilines is 1. The zero-order valence-corrected chi connectivity index (χ0v) is 21.0. The number of hydrogen-bond acceptors (Lipinski definition) is 6. The summed E-state index contributed by atoms with van der Waals surface area (Å²) in [5, 5.41) is 13.1. The van der Waals surface area contributed by atoms with Crippen LogP contribution in [0.3, 0.4) is 0 Å². The fourth-order valence-electron chi connectivity index (χ4n) is 4.39. The van der Waals surface area contributed by atoms with Crippen LogP contribution in [0.4, 0.5) is 6.01 Å². The van der Waals surface area contributed by atoms with Gasteiger partial charge in [0.15, 0.2) is 5.58 Å². The minimum absolute atomic E-state index is 0.154. The monoisotopic (exact) mass is 510 g/mol. The van der Waals surface area contributed by atoms with Crippen molar-refractivity contribution in [1.29, 1.82) is 0 Å². The van der Waals surface area contributed by atoms with Gasteiger partial charge in [0, 0.05) is 11.8 Å². The van der Waals surface area contributed by atoms with E-state index in [-0.39, 0.29) is 11.8 Å². The maximum atomic E-state index is 12.4. The van der Waals surface area contributed by atoms with Gasteiger partial charge in [-0.05, 0) is 28.8 Å². The molecule has 0 spiro atoms. The molecule has 1 heterocycles. The van der Waals surface area contributed by atoms with Gasteiger partial charge < -0.3 is 19.6 Å². The Kier molecular flexibility index (Phi) is 7.14. The first kappa shape index (κ1) is 24.5. The SMILES string of the molecule is COc1ccc2nc(NC(CSC(c3ccccc3)(c3ccccc3)c3ccccc3)C(=O)O)oc2c1. The lowest BCUT2D eigenvalue weighted by Crippen LogP contribution is -2.35. The molecule has 7 heteroatoms. The number of methoxy groups -OCH3 is 1. The number of aromatic nitrogens is 1. The number of nitrogens with one attached hydrogen (secondary N) is 1. The number of carboxylic acid groups (broad SMARTS) is 1. The summed E-state index contributed by atoms with van der Waals surface area (Å²) in [4.78, 5) is 16.8. The van der Waals surface area contributed by atoms with Gasteiger partial charge >= 0.3 is 5.97 Å². The molecule has 0 bridgehead atoms. The van der Waals surface area contributed by atoms with Crippen LogP contribution in [-0.2, 0) is 9.54 Å². The van der Waals surface area contributed by atoms with Gasteiger partial charge in [-0.2, -0.15) is 4.98 Å². The highest BCUT2D eigenvalue weighted by Crippen LogP contribution is 2.48. The van der Waals surface area contributed by atoms with Crippen molar-refractivity contribution >= 4 is 34.8 Å². The molecular formula is C30H26N2O4S. The lowest BCUT2D eigenvalue weighted by atomic mass is 9.84. The zero-order chi connectivity index (χ0) is 25.7. The molecule has 186 valence electrons. The highest BCUT2D eigenvalue weighted by molar-refractivity contribution is 8.00. The Morgan fingerprint density at radius 1 is 0.919 bits per heavy atom. The summed E-state index contributed by atoms with van der Waals surface area (Å²) in [6, 6.07) is 35.0. The van der Waals surface area contributed by atoms with Gasteiger partial charge in [0.05, 0.1) is 11.9 Å². The Morgan fingerprint density at radius 2 is 1.46 bits per heavy atom. The molecule has 0 amide bonds. The Labute approximate surface area is 219 Å². The molecule has 0 radical (unpaired) electrons. The van der Waals surface area contributed by atoms with Crippen molar-refractivity contribution in [2.24, 2.45) is 0 Å². The third-order valence-corrected chi connectivity index (χ3v) is 7.84. The standard InChI is InChI=1S/C30H26N2O4S/c1-35-24-17-18-25-27(19-24)36-29(31-25)32-26(28(33)34)20-37-30(21-11-5-2-6-12-21,22-13-7-3-8-14-22)23-15-9-4-10-16-23/h2-19,26H,20H2,1H3,(H,31,32)(H,33,34). The summed E-state index contributed by atoms with van der Waals surface area (Å²) >= 11 is 1.56. The van der Waals surface area contributed by atoms with Crippen LogP contribution in [0.15, 0.2) is 114 Å². The Balaban J connectivity index is 1.52. The molecule has 0 fully saturated rings. The van der Waals surface area contributed by atoms with E-state index in [4.69, 9.17) is 9.15 Å². The lowest BCUT2D eigenvalue weighted by Gasteiger charge is -2.36. The Morgan fingerprint density at radius 3 is 1.95 bits per heavy atom. The number of oxazole rings is 1. The van der Waals surface area contributed by atoms with Gasteiger partial charge in [0.1, 0.15) is 17.3 Å². The number of thioether (sulfide) groups is 1. The maximum Gasteiger partial charge on any atom is 0.327 e. The summed E-state index contributed by atoms with van der Waals surface area (Å²) in [6.07, 6.45) is 0. The molecule has 37 heavy (non-hydrogen) atoms. The van der Waals surface area contributed by atoms with Crippen molar-refractivity contribution in [3.05, 3.63) is 126 Å². The van der Waals surface area contributed by atoms with Crippen molar-refractivity contribution in [2.45, 2.75) is 10.8 Å². The van der Waals surface area contributed by atoms with Gasteiger partial charge in [-0.1, -0.05) is 91.0 Å². The third kappa shape index (κ3) is 5.04. The second-order valence-corrected chi connectivity index (χ2v) is 9.71. The number of carboxylic acids is 1. The second-order valence-electron chi connectivity index (χ2n) is 8.48. The van der Waals surface area contributed by atoms with Crippen molar-refractivity contribution in [1.82, 2.24) is 4.98 Å². The number of ether oxygens (including phenoxy) is 1. The third-order valence-electron chi connectivity index (χ3n) is 6.20. The molecular weight excluding hydrogens is 484 g/mol. The van der Waals surface area contributed by atoms with Crippen molar-refractivity contribution < 1.29 is 19.1 Å². The molecule has 4 aromatic carbocycles. The molecule has 5 rings (SSSR count). The molecule has 6 nitrogen and oxygen atoms in total. The molecule has 1 aromatic heterocycles. The van der Waals surface area contributed by atoms with Crippen LogP contribution in [0.5, 0.6) is 5.75 Å². The van der Waals surface area contributed by atoms with Crippen LogP contribution >= 0.6 is 11.8 Å². The summed E-state index contributed by atoms with van der Waals surface area (Å²) in [7, 11) is 1.58. The fourth-order valence-corrected chi connectivity index (χ4v) is 5.95. The molecule has 0 saturated heterocycles. The van der Waals surface area contributed by atoms with Crippen molar-refractivity contribution in [3.8, 4) is 5.75 Å². The van der Waals surface area contributed by atoms with Crippen LogP contribution in [0.1, 0.15) is 16.7 Å². The first-order valence-electron chi connectivity index (χ1n) is 11.8. The summed E-state index contributed by atoms with van der Waals surface area (Å²) in [5.74, 6) is -0.106. The van der Waals surface area contributed by atoms with E-state index < -0.39 is 16.8 Å². The zero-order valence-electron chi connectivity index (χ0n) is 20.2. The summed E-state index contributed by atoms with van der Waals surface area (Å²) in [5.41, 5.74) is 4.33. The van der Waals surface area contributed by atoms with E-state index in [1.54, 1.807) is 37.1 Å². The average Bonchev–Trinajstić information content (AvgIpc) is 3.36. The summed E-state index contributed by atoms with van der Waals surface area (Å²) in [6.45, 7) is 0. The first-order valence-corrected chi connectivity index (χ1v) is 12.8. The van der Waals surface area contributed by atoms with Gasteiger partial charge in [0.2, 0.25) is 0 Å². The summed E-state index contributed by atoms with van der Waals surface area (Å²) < 4.78 is 10.4. The largest absolute Gasteiger partial charge is 0.497 e. The number of hydrogen-bond donors (Lipinski definition) is 2. The van der Waals surface area contributed by atoms with Crippen LogP contribution < -0.4 is 10.1 Å². The number of carbonyl (C=O) groups is 1. The molecule has 0 saturated carbocycles. The quantitative estimate of drug-likeness (QED) is 0.210. The van der Waals surface area contributed by atoms with E-state index in [1.165, 1.54) is 0 Å². The lowest BCUT2D eigenvalue weighted by molar-refractivity contribution is -0.137. The minimum atomic E-state index is -0.990. The molecule has 2 N–H and O–H groups in total. The average molecular weight is 511 g/mol. The van der Waals surface area contributed by atoms with Gasteiger partial charge in [-0.15, -0.1) is 11.8 Å². The molecule has 1 atom stereocenters. The Hall–Kier alpha value is -4.23. The number of nitrogens with zero attached hydrogens (tertiary/aromatic N) is 1. The van der Waals surface area contributed by atoms with E-state index >= 15 is 0 Å². The second kappa shape index (κ2) is 10.8. The predicted octanol–water partition coefficient (Wildman–Crippen LogP) is 6.43. The minimum Gasteiger partial charge on any atom is -0.497 e. The fraction of sp³-hybridized carbons (Fsp3) is 0.133. The normalized spacial score (nSPS) is 12.2. The molecule has 0 aliphatic rings. The highest BCUT2D eigenvalue weighted by atomic mass is 32.2. The number of rotatable bonds is 10. The number of aliphatic carboxylic acids is 1. The predicted molar refractivity (Wildman–Crippen MR) is 147 cm³/mol. The smallest absolute Gasteiger partial charge is 0.327 e. The van der Waals surface area contributed by atoms with Crippen LogP contribution in [0, 0.1) is 0 Å². The van der Waals surface area contributed by atoms with E-state index in [0.29, 0.717) is 16.8 Å². The van der Waals surface area contributed by atoms with Crippen molar-refractivity contribution in [3.63, 3.8) is 0 Å². The van der Waals surface area contributed by atoms with E-state index in [9.17, 15) is 9.90 Å². The molecule has 5 aromatic rings. The van der Waals surface area contributed by atoms with Gasteiger partial charge in [0.25, 0.3) is 6.01 Å². The number of benzene rings is 4.